The maximum Gasteiger partial charge on any atom is 0.315 e. The summed E-state index contributed by atoms with van der Waals surface area (Å²) in [6.07, 6.45) is 1.00. The summed E-state index contributed by atoms with van der Waals surface area (Å²) >= 11 is 0. The number of nitrogens with zero attached hydrogens (tertiary/aromatic N) is 1. The largest absolute Gasteiger partial charge is 0.481 e. The van der Waals surface area contributed by atoms with E-state index in [-0.39, 0.29) is 12.5 Å². The van der Waals surface area contributed by atoms with Crippen molar-refractivity contribution in [2.75, 3.05) is 26.7 Å². The van der Waals surface area contributed by atoms with Gasteiger partial charge in [-0.3, -0.25) is 4.79 Å². The third-order valence-electron chi connectivity index (χ3n) is 3.09. The van der Waals surface area contributed by atoms with Crippen LogP contribution in [-0.2, 0) is 4.79 Å². The number of urea groups is 1. The minimum absolute atomic E-state index is 0.0907. The number of carboxylic acids is 1. The topological polar surface area (TPSA) is 81.7 Å². The second-order valence-corrected chi connectivity index (χ2v) is 5.71. The van der Waals surface area contributed by atoms with Crippen LogP contribution in [0, 0.1) is 5.92 Å². The lowest BCUT2D eigenvalue weighted by molar-refractivity contribution is -0.138. The Labute approximate surface area is 108 Å². The van der Waals surface area contributed by atoms with Crippen LogP contribution in [0.25, 0.3) is 0 Å². The van der Waals surface area contributed by atoms with E-state index in [0.717, 1.165) is 19.5 Å². The van der Waals surface area contributed by atoms with E-state index in [2.05, 4.69) is 22.6 Å². The van der Waals surface area contributed by atoms with Gasteiger partial charge in [0.2, 0.25) is 0 Å². The van der Waals surface area contributed by atoms with Crippen molar-refractivity contribution in [2.45, 2.75) is 32.2 Å². The highest BCUT2D eigenvalue weighted by Gasteiger charge is 2.25. The van der Waals surface area contributed by atoms with Gasteiger partial charge in [0.25, 0.3) is 0 Å². The van der Waals surface area contributed by atoms with Gasteiger partial charge in [0.15, 0.2) is 0 Å². The van der Waals surface area contributed by atoms with Crippen LogP contribution in [0.2, 0.25) is 0 Å². The van der Waals surface area contributed by atoms with Crippen LogP contribution in [-0.4, -0.2) is 54.2 Å². The molecule has 104 valence electrons. The molecule has 0 aromatic heterocycles. The Balaban J connectivity index is 2.26. The summed E-state index contributed by atoms with van der Waals surface area (Å²) in [7, 11) is 2.07. The lowest BCUT2D eigenvalue weighted by Crippen LogP contribution is -2.50. The van der Waals surface area contributed by atoms with Crippen molar-refractivity contribution in [3.05, 3.63) is 0 Å². The van der Waals surface area contributed by atoms with E-state index in [4.69, 9.17) is 5.11 Å². The normalized spacial score (nSPS) is 20.7. The number of carbonyl (C=O) groups is 2. The monoisotopic (exact) mass is 257 g/mol. The molecule has 0 spiro atoms. The molecular formula is C12H23N3O3. The second-order valence-electron chi connectivity index (χ2n) is 5.71. The van der Waals surface area contributed by atoms with Gasteiger partial charge in [-0.15, -0.1) is 0 Å². The molecule has 0 aromatic carbocycles. The van der Waals surface area contributed by atoms with E-state index < -0.39 is 11.5 Å². The molecule has 0 bridgehead atoms. The Morgan fingerprint density at radius 3 is 2.61 bits per heavy atom. The number of carbonyl (C=O) groups excluding carboxylic acids is 1. The summed E-state index contributed by atoms with van der Waals surface area (Å²) in [5.41, 5.74) is -0.734. The van der Waals surface area contributed by atoms with Crippen molar-refractivity contribution in [3.63, 3.8) is 0 Å². The maximum atomic E-state index is 11.6. The Morgan fingerprint density at radius 2 is 2.11 bits per heavy atom. The second kappa shape index (κ2) is 6.04. The van der Waals surface area contributed by atoms with Crippen molar-refractivity contribution >= 4 is 12.0 Å². The van der Waals surface area contributed by atoms with E-state index in [1.54, 1.807) is 13.8 Å². The van der Waals surface area contributed by atoms with E-state index in [0.29, 0.717) is 12.5 Å². The summed E-state index contributed by atoms with van der Waals surface area (Å²) in [5.74, 6) is -0.430. The molecular weight excluding hydrogens is 234 g/mol. The van der Waals surface area contributed by atoms with Crippen molar-refractivity contribution < 1.29 is 14.7 Å². The first-order chi connectivity index (χ1) is 8.28. The molecule has 1 atom stereocenters. The predicted octanol–water partition coefficient (Wildman–Crippen LogP) is 0.491. The van der Waals surface area contributed by atoms with Crippen molar-refractivity contribution in [2.24, 2.45) is 5.92 Å². The molecule has 6 heteroatoms. The Bertz CT molecular complexity index is 318. The van der Waals surface area contributed by atoms with Gasteiger partial charge in [-0.05, 0) is 39.8 Å². The van der Waals surface area contributed by atoms with Crippen LogP contribution >= 0.6 is 0 Å². The van der Waals surface area contributed by atoms with Gasteiger partial charge in [-0.2, -0.15) is 0 Å². The van der Waals surface area contributed by atoms with Crippen LogP contribution < -0.4 is 10.6 Å². The molecule has 1 rings (SSSR count). The van der Waals surface area contributed by atoms with Gasteiger partial charge >= 0.3 is 12.0 Å². The van der Waals surface area contributed by atoms with Gasteiger partial charge in [-0.1, -0.05) is 0 Å². The van der Waals surface area contributed by atoms with Crippen molar-refractivity contribution in [1.29, 1.82) is 0 Å². The molecule has 1 aliphatic heterocycles. The molecule has 0 radical (unpaired) electrons. The number of rotatable bonds is 5. The number of hydrogen-bond acceptors (Lipinski definition) is 3. The molecule has 1 fully saturated rings. The first-order valence-electron chi connectivity index (χ1n) is 6.25. The quantitative estimate of drug-likeness (QED) is 0.669. The first kappa shape index (κ1) is 14.8. The van der Waals surface area contributed by atoms with Crippen LogP contribution in [0.4, 0.5) is 4.79 Å². The zero-order valence-electron chi connectivity index (χ0n) is 11.3. The van der Waals surface area contributed by atoms with Crippen LogP contribution in [0.5, 0.6) is 0 Å². The minimum Gasteiger partial charge on any atom is -0.481 e. The van der Waals surface area contributed by atoms with Crippen LogP contribution in [0.3, 0.4) is 0 Å². The third kappa shape index (κ3) is 5.35. The lowest BCUT2D eigenvalue weighted by Gasteiger charge is -2.24. The molecule has 6 nitrogen and oxygen atoms in total. The molecule has 0 aliphatic carbocycles. The van der Waals surface area contributed by atoms with Gasteiger partial charge in [0, 0.05) is 18.6 Å². The highest BCUT2D eigenvalue weighted by Crippen LogP contribution is 2.13. The number of nitrogens with one attached hydrogen (secondary N) is 2. The first-order valence-corrected chi connectivity index (χ1v) is 6.25. The predicted molar refractivity (Wildman–Crippen MR) is 68.5 cm³/mol. The number of hydrogen-bond donors (Lipinski definition) is 3. The summed E-state index contributed by atoms with van der Waals surface area (Å²) in [6, 6.07) is -0.296. The number of aliphatic carboxylic acids is 1. The minimum atomic E-state index is -0.919. The highest BCUT2D eigenvalue weighted by atomic mass is 16.4. The summed E-state index contributed by atoms with van der Waals surface area (Å²) in [6.45, 7) is 6.10. The maximum absolute atomic E-state index is 11.6. The fourth-order valence-electron chi connectivity index (χ4n) is 2.20. The number of likely N-dealkylation sites (tertiary alicyclic amines) is 1. The molecule has 1 unspecified atom stereocenters. The molecule has 0 aromatic rings. The fraction of sp³-hybridized carbons (Fsp3) is 0.833. The number of carboxylic acid groups (broad SMARTS) is 1. The van der Waals surface area contributed by atoms with Gasteiger partial charge in [0.1, 0.15) is 0 Å². The van der Waals surface area contributed by atoms with E-state index in [1.807, 2.05) is 0 Å². The average Bonchev–Trinajstić information content (AvgIpc) is 2.58. The summed E-state index contributed by atoms with van der Waals surface area (Å²) in [4.78, 5) is 24.5. The van der Waals surface area contributed by atoms with E-state index >= 15 is 0 Å². The summed E-state index contributed by atoms with van der Waals surface area (Å²) < 4.78 is 0. The molecule has 0 saturated carbocycles. The molecule has 3 N–H and O–H groups in total. The molecule has 1 aliphatic rings. The van der Waals surface area contributed by atoms with Crippen molar-refractivity contribution in [1.82, 2.24) is 15.5 Å². The average molecular weight is 257 g/mol. The highest BCUT2D eigenvalue weighted by molar-refractivity contribution is 5.76. The van der Waals surface area contributed by atoms with Gasteiger partial charge in [-0.25, -0.2) is 4.79 Å². The Morgan fingerprint density at radius 1 is 1.44 bits per heavy atom. The third-order valence-corrected chi connectivity index (χ3v) is 3.09. The number of amides is 2. The van der Waals surface area contributed by atoms with Gasteiger partial charge < -0.3 is 20.6 Å². The summed E-state index contributed by atoms with van der Waals surface area (Å²) in [5, 5.41) is 14.2. The molecule has 1 saturated heterocycles. The van der Waals surface area contributed by atoms with Crippen LogP contribution in [0.1, 0.15) is 26.7 Å². The lowest BCUT2D eigenvalue weighted by atomic mass is 10.0. The molecule has 18 heavy (non-hydrogen) atoms. The smallest absolute Gasteiger partial charge is 0.315 e. The van der Waals surface area contributed by atoms with E-state index in [9.17, 15) is 9.59 Å². The Kier molecular flexibility index (Phi) is 4.95. The Hall–Kier alpha value is -1.30. The molecule has 2 amide bonds. The SMILES string of the molecule is CN1CCC(CNC(=O)NC(C)(C)CC(=O)O)C1. The molecule has 1 heterocycles. The zero-order valence-corrected chi connectivity index (χ0v) is 11.3. The van der Waals surface area contributed by atoms with E-state index in [1.165, 1.54) is 0 Å². The van der Waals surface area contributed by atoms with Crippen molar-refractivity contribution in [3.8, 4) is 0 Å². The van der Waals surface area contributed by atoms with Crippen LogP contribution in [0.15, 0.2) is 0 Å². The zero-order chi connectivity index (χ0) is 13.8. The fourth-order valence-corrected chi connectivity index (χ4v) is 2.20. The standard InChI is InChI=1S/C12H23N3O3/c1-12(2,6-10(16)17)14-11(18)13-7-9-4-5-15(3)8-9/h9H,4-8H2,1-3H3,(H,16,17)(H2,13,14,18). The van der Waals surface area contributed by atoms with Gasteiger partial charge in [0.05, 0.1) is 6.42 Å².